The van der Waals surface area contributed by atoms with E-state index >= 15 is 0 Å². The van der Waals surface area contributed by atoms with Gasteiger partial charge in [-0.05, 0) is 24.3 Å². The summed E-state index contributed by atoms with van der Waals surface area (Å²) in [7, 11) is 0. The molecule has 1 aromatic heterocycles. The van der Waals surface area contributed by atoms with Crippen LogP contribution in [0.15, 0.2) is 48.7 Å². The van der Waals surface area contributed by atoms with Crippen LogP contribution in [0.2, 0.25) is 0 Å². The molecule has 0 spiro atoms. The van der Waals surface area contributed by atoms with E-state index in [1.807, 2.05) is 0 Å². The van der Waals surface area contributed by atoms with Crippen LogP contribution in [-0.4, -0.2) is 15.1 Å². The summed E-state index contributed by atoms with van der Waals surface area (Å²) >= 11 is 0. The number of hydrogen-bond donors (Lipinski definition) is 2. The Labute approximate surface area is 86.9 Å². The lowest BCUT2D eigenvalue weighted by atomic mass is 10.4. The van der Waals surface area contributed by atoms with Gasteiger partial charge in [0.05, 0.1) is 0 Å². The molecular formula is C10H10N4O. The van der Waals surface area contributed by atoms with Gasteiger partial charge in [-0.2, -0.15) is 4.98 Å². The first-order valence-electron chi connectivity index (χ1n) is 4.38. The Morgan fingerprint density at radius 1 is 1.33 bits per heavy atom. The Bertz CT molecular complexity index is 450. The summed E-state index contributed by atoms with van der Waals surface area (Å²) < 4.78 is 0. The minimum atomic E-state index is 0.178. The first-order chi connectivity index (χ1) is 7.25. The third kappa shape index (κ3) is 2.14. The van der Waals surface area contributed by atoms with Crippen molar-refractivity contribution in [1.29, 1.82) is 0 Å². The highest BCUT2D eigenvalue weighted by Gasteiger charge is 2.04. The molecule has 1 aliphatic rings. The Hall–Kier alpha value is -2.30. The number of allylic oxidation sites excluding steroid dienone is 3. The molecule has 5 nitrogen and oxygen atoms in total. The Kier molecular flexibility index (Phi) is 2.37. The van der Waals surface area contributed by atoms with Crippen molar-refractivity contribution in [3.8, 4) is 0 Å². The van der Waals surface area contributed by atoms with Gasteiger partial charge in [-0.1, -0.05) is 0 Å². The summed E-state index contributed by atoms with van der Waals surface area (Å²) in [5.41, 5.74) is 5.54. The molecule has 1 aromatic rings. The number of nitrogen functional groups attached to an aromatic ring is 1. The highest BCUT2D eigenvalue weighted by Crippen LogP contribution is 2.12. The van der Waals surface area contributed by atoms with Crippen LogP contribution in [0, 0.1) is 0 Å². The van der Waals surface area contributed by atoms with Crippen LogP contribution in [0.1, 0.15) is 0 Å². The molecule has 5 heteroatoms. The molecule has 2 rings (SSSR count). The smallest absolute Gasteiger partial charge is 0.235 e. The summed E-state index contributed by atoms with van der Waals surface area (Å²) in [6.45, 7) is 0. The van der Waals surface area contributed by atoms with Crippen molar-refractivity contribution in [1.82, 2.24) is 9.97 Å². The first-order valence-corrected chi connectivity index (χ1v) is 4.38. The standard InChI is InChI=1S/C10H10N4O/c11-9-3-5-12-10(13-9)14-6-1-2-8(15)4-7-14/h1-7,15H,(H2,11,12,13). The maximum absolute atomic E-state index is 9.24. The van der Waals surface area contributed by atoms with Crippen molar-refractivity contribution in [2.24, 2.45) is 0 Å². The fourth-order valence-electron chi connectivity index (χ4n) is 1.12. The molecule has 0 aliphatic carbocycles. The second-order valence-electron chi connectivity index (χ2n) is 2.94. The van der Waals surface area contributed by atoms with Crippen molar-refractivity contribution in [2.75, 3.05) is 10.6 Å². The molecule has 0 saturated carbocycles. The zero-order valence-corrected chi connectivity index (χ0v) is 7.91. The van der Waals surface area contributed by atoms with Crippen molar-refractivity contribution < 1.29 is 5.11 Å². The van der Waals surface area contributed by atoms with Crippen LogP contribution >= 0.6 is 0 Å². The fraction of sp³-hybridized carbons (Fsp3) is 0. The minimum absolute atomic E-state index is 0.178. The topological polar surface area (TPSA) is 75.3 Å². The molecule has 76 valence electrons. The molecule has 0 saturated heterocycles. The van der Waals surface area contributed by atoms with Crippen LogP contribution in [-0.2, 0) is 0 Å². The van der Waals surface area contributed by atoms with Crippen LogP contribution < -0.4 is 10.6 Å². The molecular weight excluding hydrogens is 192 g/mol. The number of aliphatic hydroxyl groups excluding tert-OH is 1. The third-order valence-electron chi connectivity index (χ3n) is 1.81. The van der Waals surface area contributed by atoms with E-state index < -0.39 is 0 Å². The molecule has 0 atom stereocenters. The van der Waals surface area contributed by atoms with E-state index in [-0.39, 0.29) is 5.76 Å². The summed E-state index contributed by atoms with van der Waals surface area (Å²) in [6.07, 6.45) is 9.79. The number of nitrogens with zero attached hydrogens (tertiary/aromatic N) is 3. The molecule has 0 amide bonds. The van der Waals surface area contributed by atoms with Crippen molar-refractivity contribution >= 4 is 11.8 Å². The van der Waals surface area contributed by atoms with Gasteiger partial charge in [-0.3, -0.25) is 4.90 Å². The molecule has 0 radical (unpaired) electrons. The Morgan fingerprint density at radius 3 is 3.00 bits per heavy atom. The normalized spacial score (nSPS) is 14.9. The average molecular weight is 202 g/mol. The largest absolute Gasteiger partial charge is 0.508 e. The Morgan fingerprint density at radius 2 is 2.20 bits per heavy atom. The van der Waals surface area contributed by atoms with Crippen LogP contribution in [0.4, 0.5) is 11.8 Å². The van der Waals surface area contributed by atoms with E-state index in [1.165, 1.54) is 0 Å². The Balaban J connectivity index is 2.30. The van der Waals surface area contributed by atoms with E-state index in [4.69, 9.17) is 5.73 Å². The van der Waals surface area contributed by atoms with Gasteiger partial charge >= 0.3 is 0 Å². The molecule has 1 aliphatic heterocycles. The maximum atomic E-state index is 9.24. The van der Waals surface area contributed by atoms with E-state index in [1.54, 1.807) is 47.8 Å². The van der Waals surface area contributed by atoms with Gasteiger partial charge in [-0.15, -0.1) is 0 Å². The number of rotatable bonds is 1. The molecule has 15 heavy (non-hydrogen) atoms. The van der Waals surface area contributed by atoms with Crippen LogP contribution in [0.3, 0.4) is 0 Å². The lowest BCUT2D eigenvalue weighted by Crippen LogP contribution is -2.11. The summed E-state index contributed by atoms with van der Waals surface area (Å²) in [6, 6.07) is 1.62. The SMILES string of the molecule is Nc1ccnc(N2C=CC=C(O)C=C2)n1. The quantitative estimate of drug-likeness (QED) is 0.718. The third-order valence-corrected chi connectivity index (χ3v) is 1.81. The predicted octanol–water partition coefficient (Wildman–Crippen LogP) is 1.35. The van der Waals surface area contributed by atoms with Crippen molar-refractivity contribution in [2.45, 2.75) is 0 Å². The second kappa shape index (κ2) is 3.83. The first kappa shape index (κ1) is 9.26. The highest BCUT2D eigenvalue weighted by atomic mass is 16.3. The van der Waals surface area contributed by atoms with Gasteiger partial charge in [0, 0.05) is 18.6 Å². The van der Waals surface area contributed by atoms with Crippen molar-refractivity contribution in [3.05, 3.63) is 48.7 Å². The predicted molar refractivity (Wildman–Crippen MR) is 57.9 cm³/mol. The van der Waals surface area contributed by atoms with Gasteiger partial charge in [0.2, 0.25) is 5.95 Å². The van der Waals surface area contributed by atoms with Gasteiger partial charge in [0.25, 0.3) is 0 Å². The number of hydrogen-bond acceptors (Lipinski definition) is 5. The molecule has 0 fully saturated rings. The maximum Gasteiger partial charge on any atom is 0.235 e. The molecule has 0 unspecified atom stereocenters. The van der Waals surface area contributed by atoms with Crippen LogP contribution in [0.5, 0.6) is 0 Å². The number of anilines is 2. The molecule has 0 bridgehead atoms. The highest BCUT2D eigenvalue weighted by molar-refractivity contribution is 5.46. The van der Waals surface area contributed by atoms with Gasteiger partial charge in [0.15, 0.2) is 0 Å². The van der Waals surface area contributed by atoms with E-state index in [0.717, 1.165) is 0 Å². The van der Waals surface area contributed by atoms with Gasteiger partial charge < -0.3 is 10.8 Å². The lowest BCUT2D eigenvalue weighted by molar-refractivity contribution is 0.432. The average Bonchev–Trinajstić information content (AvgIpc) is 2.43. The molecule has 2 heterocycles. The molecule has 3 N–H and O–H groups in total. The number of nitrogens with two attached hydrogens (primary N) is 1. The fourth-order valence-corrected chi connectivity index (χ4v) is 1.12. The van der Waals surface area contributed by atoms with E-state index in [2.05, 4.69) is 9.97 Å². The summed E-state index contributed by atoms with van der Waals surface area (Å²) in [5, 5.41) is 9.24. The molecule has 0 aromatic carbocycles. The van der Waals surface area contributed by atoms with Gasteiger partial charge in [0.1, 0.15) is 11.6 Å². The zero-order chi connectivity index (χ0) is 10.7. The zero-order valence-electron chi connectivity index (χ0n) is 7.91. The summed E-state index contributed by atoms with van der Waals surface area (Å²) in [4.78, 5) is 9.77. The van der Waals surface area contributed by atoms with Crippen LogP contribution in [0.25, 0.3) is 0 Å². The summed E-state index contributed by atoms with van der Waals surface area (Å²) in [5.74, 6) is 1.05. The number of aliphatic hydroxyl groups is 1. The van der Waals surface area contributed by atoms with E-state index in [9.17, 15) is 5.11 Å². The van der Waals surface area contributed by atoms with E-state index in [0.29, 0.717) is 11.8 Å². The monoisotopic (exact) mass is 202 g/mol. The number of aromatic nitrogens is 2. The minimum Gasteiger partial charge on any atom is -0.508 e. The van der Waals surface area contributed by atoms with Gasteiger partial charge in [-0.25, -0.2) is 4.98 Å². The lowest BCUT2D eigenvalue weighted by Gasteiger charge is -2.11. The van der Waals surface area contributed by atoms with Crippen molar-refractivity contribution in [3.63, 3.8) is 0 Å². The second-order valence-corrected chi connectivity index (χ2v) is 2.94.